The number of imidazole rings is 1. The Balaban J connectivity index is 1.73. The SMILES string of the molecule is CCSc1cc(C2(C(N)=O)CC2)ccc1-c1cn2ncc(SC(F)(F)F)cc2n1. The summed E-state index contributed by atoms with van der Waals surface area (Å²) < 4.78 is 39.3. The van der Waals surface area contributed by atoms with E-state index in [2.05, 4.69) is 10.1 Å². The molecule has 1 aliphatic carbocycles. The van der Waals surface area contributed by atoms with E-state index in [1.807, 2.05) is 25.1 Å². The highest BCUT2D eigenvalue weighted by atomic mass is 32.2. The summed E-state index contributed by atoms with van der Waals surface area (Å²) >= 11 is 1.40. The van der Waals surface area contributed by atoms with Crippen molar-refractivity contribution >= 4 is 35.1 Å². The van der Waals surface area contributed by atoms with E-state index >= 15 is 0 Å². The highest BCUT2D eigenvalue weighted by Crippen LogP contribution is 2.49. The van der Waals surface area contributed by atoms with Crippen molar-refractivity contribution in [1.82, 2.24) is 14.6 Å². The quantitative estimate of drug-likeness (QED) is 0.568. The summed E-state index contributed by atoms with van der Waals surface area (Å²) in [4.78, 5) is 17.3. The Labute approximate surface area is 173 Å². The van der Waals surface area contributed by atoms with E-state index in [4.69, 9.17) is 5.73 Å². The number of carbonyl (C=O) groups excluding carboxylic acids is 1. The second-order valence-electron chi connectivity index (χ2n) is 6.76. The Morgan fingerprint density at radius 3 is 2.69 bits per heavy atom. The molecule has 1 fully saturated rings. The molecule has 2 heterocycles. The van der Waals surface area contributed by atoms with Gasteiger partial charge in [0.2, 0.25) is 5.91 Å². The number of nitrogens with zero attached hydrogens (tertiary/aromatic N) is 3. The summed E-state index contributed by atoms with van der Waals surface area (Å²) in [5.41, 5.74) is 3.32. The Morgan fingerprint density at radius 2 is 2.07 bits per heavy atom. The van der Waals surface area contributed by atoms with Crippen molar-refractivity contribution in [3.8, 4) is 11.3 Å². The minimum Gasteiger partial charge on any atom is -0.369 e. The Hall–Kier alpha value is -2.20. The second kappa shape index (κ2) is 7.24. The molecule has 0 atom stereocenters. The normalized spacial score (nSPS) is 15.6. The van der Waals surface area contributed by atoms with Gasteiger partial charge in [-0.05, 0) is 48.1 Å². The number of primary amides is 1. The van der Waals surface area contributed by atoms with E-state index in [1.165, 1.54) is 16.8 Å². The van der Waals surface area contributed by atoms with Crippen LogP contribution in [-0.2, 0) is 10.2 Å². The Morgan fingerprint density at radius 1 is 1.31 bits per heavy atom. The number of fused-ring (bicyclic) bond motifs is 1. The highest BCUT2D eigenvalue weighted by Gasteiger charge is 2.50. The molecule has 1 aliphatic rings. The molecular formula is C19H17F3N4OS2. The molecule has 4 rings (SSSR count). The number of alkyl halides is 3. The molecule has 10 heteroatoms. The van der Waals surface area contributed by atoms with E-state index < -0.39 is 10.9 Å². The average Bonchev–Trinajstić information content (AvgIpc) is 3.35. The molecule has 1 amide bonds. The minimum absolute atomic E-state index is 0.0159. The van der Waals surface area contributed by atoms with Crippen molar-refractivity contribution in [3.63, 3.8) is 0 Å². The van der Waals surface area contributed by atoms with Crippen LogP contribution >= 0.6 is 23.5 Å². The molecule has 0 radical (unpaired) electrons. The summed E-state index contributed by atoms with van der Waals surface area (Å²) in [5, 5.41) is 4.04. The van der Waals surface area contributed by atoms with Gasteiger partial charge in [0, 0.05) is 15.4 Å². The lowest BCUT2D eigenvalue weighted by Gasteiger charge is -2.15. The number of carbonyl (C=O) groups is 1. The van der Waals surface area contributed by atoms with Crippen LogP contribution in [0.3, 0.4) is 0 Å². The lowest BCUT2D eigenvalue weighted by atomic mass is 9.94. The monoisotopic (exact) mass is 438 g/mol. The first-order valence-corrected chi connectivity index (χ1v) is 10.7. The lowest BCUT2D eigenvalue weighted by molar-refractivity contribution is -0.120. The first-order valence-electron chi connectivity index (χ1n) is 8.90. The number of halogens is 3. The predicted molar refractivity (Wildman–Crippen MR) is 107 cm³/mol. The van der Waals surface area contributed by atoms with Gasteiger partial charge in [-0.1, -0.05) is 19.1 Å². The number of amides is 1. The van der Waals surface area contributed by atoms with Crippen LogP contribution in [0, 0.1) is 0 Å². The molecule has 1 aromatic carbocycles. The smallest absolute Gasteiger partial charge is 0.369 e. The van der Waals surface area contributed by atoms with Crippen LogP contribution in [0.2, 0.25) is 0 Å². The molecule has 5 nitrogen and oxygen atoms in total. The molecule has 0 spiro atoms. The number of thioether (sulfide) groups is 2. The van der Waals surface area contributed by atoms with Gasteiger partial charge in [-0.15, -0.1) is 11.8 Å². The van der Waals surface area contributed by atoms with Crippen molar-refractivity contribution in [1.29, 1.82) is 0 Å². The third-order valence-electron chi connectivity index (χ3n) is 4.86. The van der Waals surface area contributed by atoms with Crippen LogP contribution in [0.1, 0.15) is 25.3 Å². The third-order valence-corrected chi connectivity index (χ3v) is 6.49. The summed E-state index contributed by atoms with van der Waals surface area (Å²) in [6, 6.07) is 7.12. The first kappa shape index (κ1) is 20.1. The van der Waals surface area contributed by atoms with Gasteiger partial charge in [0.05, 0.1) is 23.5 Å². The van der Waals surface area contributed by atoms with Crippen LogP contribution in [0.5, 0.6) is 0 Å². The number of hydrogen-bond donors (Lipinski definition) is 1. The molecule has 0 bridgehead atoms. The van der Waals surface area contributed by atoms with Crippen LogP contribution < -0.4 is 5.73 Å². The maximum Gasteiger partial charge on any atom is 0.446 e. The standard InChI is InChI=1S/C19H17F3N4OS2/c1-2-28-15-7-11(18(5-6-18)17(23)27)3-4-13(15)14-10-26-16(25-14)8-12(9-24-26)29-19(20,21)22/h3-4,7-10H,2,5-6H2,1H3,(H2,23,27). The second-order valence-corrected chi connectivity index (χ2v) is 9.20. The van der Waals surface area contributed by atoms with Gasteiger partial charge in [-0.2, -0.15) is 18.3 Å². The number of aromatic nitrogens is 3. The summed E-state index contributed by atoms with van der Waals surface area (Å²) in [7, 11) is 0. The highest BCUT2D eigenvalue weighted by molar-refractivity contribution is 8.00. The van der Waals surface area contributed by atoms with Gasteiger partial charge in [0.25, 0.3) is 0 Å². The fourth-order valence-electron chi connectivity index (χ4n) is 3.29. The van der Waals surface area contributed by atoms with Crippen LogP contribution in [0.25, 0.3) is 16.9 Å². The van der Waals surface area contributed by atoms with Gasteiger partial charge in [-0.25, -0.2) is 9.50 Å². The molecule has 3 aromatic rings. The number of hydrogen-bond acceptors (Lipinski definition) is 5. The molecule has 2 N–H and O–H groups in total. The molecule has 0 saturated heterocycles. The van der Waals surface area contributed by atoms with Gasteiger partial charge in [0.15, 0.2) is 5.65 Å². The van der Waals surface area contributed by atoms with Gasteiger partial charge < -0.3 is 5.73 Å². The summed E-state index contributed by atoms with van der Waals surface area (Å²) in [6.07, 6.45) is 4.35. The van der Waals surface area contributed by atoms with Gasteiger partial charge >= 0.3 is 5.51 Å². The van der Waals surface area contributed by atoms with Gasteiger partial charge in [0.1, 0.15) is 0 Å². The lowest BCUT2D eigenvalue weighted by Crippen LogP contribution is -2.28. The molecular weight excluding hydrogens is 421 g/mol. The van der Waals surface area contributed by atoms with Crippen molar-refractivity contribution in [3.05, 3.63) is 42.2 Å². The van der Waals surface area contributed by atoms with E-state index in [0.717, 1.165) is 34.6 Å². The van der Waals surface area contributed by atoms with Crippen molar-refractivity contribution < 1.29 is 18.0 Å². The molecule has 1 saturated carbocycles. The zero-order chi connectivity index (χ0) is 20.8. The maximum atomic E-state index is 12.6. The largest absolute Gasteiger partial charge is 0.446 e. The Bertz CT molecular complexity index is 1090. The van der Waals surface area contributed by atoms with E-state index in [9.17, 15) is 18.0 Å². The van der Waals surface area contributed by atoms with Crippen LogP contribution in [0.15, 0.2) is 46.5 Å². The fraction of sp³-hybridized carbons (Fsp3) is 0.316. The molecule has 2 aromatic heterocycles. The number of nitrogens with two attached hydrogens (primary N) is 1. The van der Waals surface area contributed by atoms with E-state index in [-0.39, 0.29) is 22.6 Å². The van der Waals surface area contributed by atoms with Crippen molar-refractivity contribution in [2.45, 2.75) is 40.5 Å². The number of rotatable bonds is 6. The third kappa shape index (κ3) is 3.95. The van der Waals surface area contributed by atoms with Gasteiger partial charge in [-0.3, -0.25) is 4.79 Å². The summed E-state index contributed by atoms with van der Waals surface area (Å²) in [5.74, 6) is 0.502. The van der Waals surface area contributed by atoms with E-state index in [0.29, 0.717) is 11.3 Å². The zero-order valence-electron chi connectivity index (χ0n) is 15.4. The Kier molecular flexibility index (Phi) is 5.02. The van der Waals surface area contributed by atoms with Crippen molar-refractivity contribution in [2.75, 3.05) is 5.75 Å². The molecule has 29 heavy (non-hydrogen) atoms. The topological polar surface area (TPSA) is 73.3 Å². The van der Waals surface area contributed by atoms with Crippen LogP contribution in [0.4, 0.5) is 13.2 Å². The zero-order valence-corrected chi connectivity index (χ0v) is 17.0. The molecule has 0 aliphatic heterocycles. The first-order chi connectivity index (χ1) is 13.7. The summed E-state index contributed by atoms with van der Waals surface area (Å²) in [6.45, 7) is 2.02. The van der Waals surface area contributed by atoms with Crippen LogP contribution in [-0.4, -0.2) is 31.8 Å². The average molecular weight is 438 g/mol. The molecule has 152 valence electrons. The van der Waals surface area contributed by atoms with Crippen molar-refractivity contribution in [2.24, 2.45) is 5.73 Å². The fourth-order valence-corrected chi connectivity index (χ4v) is 4.67. The minimum atomic E-state index is -4.38. The number of benzene rings is 1. The predicted octanol–water partition coefficient (Wildman–Crippen LogP) is 4.64. The van der Waals surface area contributed by atoms with E-state index in [1.54, 1.807) is 18.0 Å². The molecule has 0 unspecified atom stereocenters. The maximum absolute atomic E-state index is 12.6.